The molecule has 4 heterocycles. The second-order valence-corrected chi connectivity index (χ2v) is 14.6. The van der Waals surface area contributed by atoms with Gasteiger partial charge in [0.1, 0.15) is 16.5 Å². The Labute approximate surface area is 310 Å². The minimum absolute atomic E-state index is 0.0185. The maximum atomic E-state index is 13.0. The van der Waals surface area contributed by atoms with Gasteiger partial charge in [-0.2, -0.15) is 0 Å². The van der Waals surface area contributed by atoms with Crippen LogP contribution in [-0.4, -0.2) is 70.6 Å². The van der Waals surface area contributed by atoms with Crippen LogP contribution in [0.15, 0.2) is 77.6 Å². The quantitative estimate of drug-likeness (QED) is 0.0652. The van der Waals surface area contributed by atoms with E-state index >= 15 is 0 Å². The fourth-order valence-corrected chi connectivity index (χ4v) is 8.36. The van der Waals surface area contributed by atoms with Crippen LogP contribution in [0.1, 0.15) is 81.1 Å². The molecule has 1 unspecified atom stereocenters. The minimum atomic E-state index is -1.01. The normalized spacial score (nSPS) is 19.4. The Hall–Kier alpha value is -4.09. The van der Waals surface area contributed by atoms with Crippen LogP contribution in [0.25, 0.3) is 10.9 Å². The Balaban J connectivity index is 0.918. The number of fused-ring (bicyclic) bond motifs is 4. The van der Waals surface area contributed by atoms with Gasteiger partial charge in [-0.15, -0.1) is 0 Å². The lowest BCUT2D eigenvalue weighted by molar-refractivity contribution is 0.0358. The number of amides is 1. The van der Waals surface area contributed by atoms with Crippen molar-refractivity contribution in [3.05, 3.63) is 99.3 Å². The minimum Gasteiger partial charge on any atom is -0.506 e. The molecule has 3 saturated heterocycles. The van der Waals surface area contributed by atoms with Gasteiger partial charge in [-0.05, 0) is 92.5 Å². The van der Waals surface area contributed by atoms with Crippen LogP contribution in [-0.2, 0) is 0 Å². The van der Waals surface area contributed by atoms with Gasteiger partial charge in [-0.25, -0.2) is 4.79 Å². The molecule has 1 amide bonds. The van der Waals surface area contributed by atoms with Gasteiger partial charge in [0.05, 0.1) is 30.0 Å². The predicted molar refractivity (Wildman–Crippen MR) is 206 cm³/mol. The van der Waals surface area contributed by atoms with Gasteiger partial charge < -0.3 is 35.3 Å². The number of ether oxygens (including phenoxy) is 1. The second-order valence-electron chi connectivity index (χ2n) is 14.2. The lowest BCUT2D eigenvalue weighted by Gasteiger charge is -2.49. The van der Waals surface area contributed by atoms with Gasteiger partial charge in [0.15, 0.2) is 0 Å². The number of aromatic hydroxyl groups is 1. The van der Waals surface area contributed by atoms with Crippen LogP contribution in [0.3, 0.4) is 0 Å². The number of halogens is 1. The molecule has 3 aliphatic heterocycles. The zero-order valence-electron chi connectivity index (χ0n) is 29.7. The summed E-state index contributed by atoms with van der Waals surface area (Å²) in [5.74, 6) is 1.14. The summed E-state index contributed by atoms with van der Waals surface area (Å²) in [4.78, 5) is 31.2. The Morgan fingerprint density at radius 2 is 1.67 bits per heavy atom. The summed E-state index contributed by atoms with van der Waals surface area (Å²) in [6.45, 7) is 4.73. The predicted octanol–water partition coefficient (Wildman–Crippen LogP) is 7.89. The van der Waals surface area contributed by atoms with E-state index in [1.807, 2.05) is 42.5 Å². The lowest BCUT2D eigenvalue weighted by Crippen LogP contribution is -2.53. The summed E-state index contributed by atoms with van der Waals surface area (Å²) in [5, 5.41) is 35.7. The SMILES string of the molecule is O=C(O)N(c1cccc(OCCCCCCCCCNC[C@H](O)c2ccc(O)c3[nH]c(=O)ccc23)c1Cl)[C@@H](c1ccccc1)C1CN2CCC1CC2. The van der Waals surface area contributed by atoms with E-state index in [2.05, 4.69) is 15.2 Å². The zero-order valence-corrected chi connectivity index (χ0v) is 30.4. The van der Waals surface area contributed by atoms with Gasteiger partial charge in [0, 0.05) is 24.5 Å². The molecule has 0 spiro atoms. The molecule has 10 nitrogen and oxygen atoms in total. The molecule has 11 heteroatoms. The number of aliphatic hydroxyl groups is 1. The molecule has 0 aliphatic carbocycles. The molecule has 0 radical (unpaired) electrons. The number of phenols is 1. The second kappa shape index (κ2) is 18.1. The third-order valence-corrected chi connectivity index (χ3v) is 11.2. The molecule has 3 aromatic carbocycles. The van der Waals surface area contributed by atoms with Crippen LogP contribution < -0.4 is 20.5 Å². The Morgan fingerprint density at radius 1 is 0.942 bits per heavy atom. The number of hydrogen-bond acceptors (Lipinski definition) is 7. The number of piperidine rings is 3. The van der Waals surface area contributed by atoms with E-state index in [9.17, 15) is 24.9 Å². The van der Waals surface area contributed by atoms with Crippen molar-refractivity contribution in [3.8, 4) is 11.5 Å². The van der Waals surface area contributed by atoms with Crippen LogP contribution >= 0.6 is 11.6 Å². The summed E-state index contributed by atoms with van der Waals surface area (Å²) in [6.07, 6.45) is 7.78. The molecule has 278 valence electrons. The number of carbonyl (C=O) groups is 1. The molecule has 5 N–H and O–H groups in total. The van der Waals surface area contributed by atoms with E-state index in [1.165, 1.54) is 17.0 Å². The number of H-pyrrole nitrogens is 1. The monoisotopic (exact) mass is 730 g/mol. The zero-order chi connectivity index (χ0) is 36.5. The fraction of sp³-hybridized carbons (Fsp3) is 0.463. The lowest BCUT2D eigenvalue weighted by atomic mass is 9.73. The number of hydrogen-bond donors (Lipinski definition) is 5. The van der Waals surface area contributed by atoms with Crippen LogP contribution in [0.2, 0.25) is 5.02 Å². The standard InChI is InChI=1S/C41H51ClN4O6/c42-38-33(46(41(50)51)40(29-12-7-6-8-13-29)32-27-45-23-20-28(32)21-24-45)14-11-15-36(38)52-25-10-5-3-1-2-4-9-22-43-26-35(48)30-16-18-34(47)39-31(30)17-19-37(49)44-39/h6-8,11-19,28,32,35,40,43,47-48H,1-5,9-10,20-27H2,(H,44,49)(H,50,51)/t32?,35-,40-/m0/s1. The van der Waals surface area contributed by atoms with Crippen LogP contribution in [0.4, 0.5) is 10.5 Å². The summed E-state index contributed by atoms with van der Waals surface area (Å²) in [5.41, 5.74) is 2.15. The number of anilines is 1. The Bertz CT molecular complexity index is 1830. The number of aromatic amines is 1. The van der Waals surface area contributed by atoms with Crippen molar-refractivity contribution >= 4 is 34.3 Å². The van der Waals surface area contributed by atoms with Crippen LogP contribution in [0, 0.1) is 11.8 Å². The number of carboxylic acid groups (broad SMARTS) is 1. The van der Waals surface area contributed by atoms with Gasteiger partial charge >= 0.3 is 6.09 Å². The molecule has 7 rings (SSSR count). The third kappa shape index (κ3) is 9.09. The number of pyridine rings is 1. The van der Waals surface area contributed by atoms with Crippen molar-refractivity contribution in [2.45, 2.75) is 69.9 Å². The van der Waals surface area contributed by atoms with E-state index in [1.54, 1.807) is 18.2 Å². The number of nitrogens with one attached hydrogen (secondary N) is 2. The highest BCUT2D eigenvalue weighted by molar-refractivity contribution is 6.35. The Kier molecular flexibility index (Phi) is 13.1. The van der Waals surface area contributed by atoms with Gasteiger partial charge in [-0.1, -0.05) is 86.2 Å². The molecule has 52 heavy (non-hydrogen) atoms. The summed E-state index contributed by atoms with van der Waals surface area (Å²) < 4.78 is 6.13. The highest BCUT2D eigenvalue weighted by Crippen LogP contribution is 2.46. The molecular formula is C41H51ClN4O6. The van der Waals surface area contributed by atoms with E-state index in [0.717, 1.165) is 89.5 Å². The van der Waals surface area contributed by atoms with E-state index in [0.29, 0.717) is 52.0 Å². The molecule has 1 aromatic heterocycles. The smallest absolute Gasteiger partial charge is 0.412 e. The van der Waals surface area contributed by atoms with Crippen molar-refractivity contribution in [1.82, 2.24) is 15.2 Å². The van der Waals surface area contributed by atoms with Gasteiger partial charge in [-0.3, -0.25) is 9.69 Å². The maximum Gasteiger partial charge on any atom is 0.412 e. The number of rotatable bonds is 18. The first-order valence-corrected chi connectivity index (χ1v) is 19.1. The first kappa shape index (κ1) is 37.7. The summed E-state index contributed by atoms with van der Waals surface area (Å²) >= 11 is 6.93. The number of unbranched alkanes of at least 4 members (excludes halogenated alkanes) is 6. The highest BCUT2D eigenvalue weighted by Gasteiger charge is 2.43. The largest absolute Gasteiger partial charge is 0.506 e. The molecule has 3 fully saturated rings. The molecule has 4 aromatic rings. The summed E-state index contributed by atoms with van der Waals surface area (Å²) in [6, 6.07) is 21.3. The van der Waals surface area contributed by atoms with Crippen molar-refractivity contribution in [2.75, 3.05) is 44.2 Å². The topological polar surface area (TPSA) is 138 Å². The fourth-order valence-electron chi connectivity index (χ4n) is 8.09. The molecule has 0 saturated carbocycles. The van der Waals surface area contributed by atoms with Crippen molar-refractivity contribution < 1.29 is 24.9 Å². The van der Waals surface area contributed by atoms with Crippen molar-refractivity contribution in [3.63, 3.8) is 0 Å². The van der Waals surface area contributed by atoms with Crippen LogP contribution in [0.5, 0.6) is 11.5 Å². The maximum absolute atomic E-state index is 13.0. The first-order chi connectivity index (χ1) is 25.3. The van der Waals surface area contributed by atoms with E-state index in [-0.39, 0.29) is 23.3 Å². The number of aliphatic hydroxyl groups excluding tert-OH is 1. The van der Waals surface area contributed by atoms with Gasteiger partial charge in [0.25, 0.3) is 0 Å². The number of benzene rings is 3. The van der Waals surface area contributed by atoms with Crippen molar-refractivity contribution in [2.24, 2.45) is 11.8 Å². The Morgan fingerprint density at radius 3 is 2.38 bits per heavy atom. The highest BCUT2D eigenvalue weighted by atomic mass is 35.5. The van der Waals surface area contributed by atoms with E-state index < -0.39 is 12.2 Å². The number of aromatic nitrogens is 1. The first-order valence-electron chi connectivity index (χ1n) is 18.8. The molecular weight excluding hydrogens is 680 g/mol. The molecule has 2 bridgehead atoms. The average molecular weight is 731 g/mol. The molecule has 3 atom stereocenters. The number of nitrogens with zero attached hydrogens (tertiary/aromatic N) is 2. The average Bonchev–Trinajstić information content (AvgIpc) is 3.16. The third-order valence-electron chi connectivity index (χ3n) is 10.8. The number of phenolic OH excluding ortho intramolecular Hbond substituents is 1. The van der Waals surface area contributed by atoms with Crippen molar-refractivity contribution in [1.29, 1.82) is 0 Å². The van der Waals surface area contributed by atoms with Gasteiger partial charge in [0.2, 0.25) is 5.56 Å². The summed E-state index contributed by atoms with van der Waals surface area (Å²) in [7, 11) is 0. The molecule has 3 aliphatic rings. The van der Waals surface area contributed by atoms with E-state index in [4.69, 9.17) is 16.3 Å².